The van der Waals surface area contributed by atoms with Crippen LogP contribution in [0.5, 0.6) is 5.75 Å². The number of aromatic nitrogens is 2. The first kappa shape index (κ1) is 22.9. The van der Waals surface area contributed by atoms with Crippen LogP contribution in [-0.2, 0) is 13.1 Å². The molecule has 0 fully saturated rings. The summed E-state index contributed by atoms with van der Waals surface area (Å²) < 4.78 is 20.9. The molecule has 0 spiro atoms. The Morgan fingerprint density at radius 3 is 2.72 bits per heavy atom. The van der Waals surface area contributed by atoms with E-state index in [1.165, 1.54) is 13.2 Å². The second-order valence-electron chi connectivity index (χ2n) is 6.47. The number of imidazole rings is 1. The van der Waals surface area contributed by atoms with Crippen LogP contribution < -0.4 is 15.4 Å². The molecule has 0 amide bonds. The van der Waals surface area contributed by atoms with Crippen molar-refractivity contribution in [1.82, 2.24) is 20.2 Å². The molecule has 0 aliphatic carbocycles. The number of halogens is 2. The monoisotopic (exact) mass is 511 g/mol. The summed E-state index contributed by atoms with van der Waals surface area (Å²) in [5.74, 6) is 1.58. The Labute approximate surface area is 187 Å². The number of ether oxygens (including phenoxy) is 1. The fraction of sp³-hybridized carbons (Fsp3) is 0.333. The maximum absolute atomic E-state index is 13.8. The standard InChI is InChI=1S/C21H26FN5O.HI/c1-15-26-18-7-4-5-8-19(18)27(15)12-6-11-24-21(23-2)25-14-16-9-10-20(28-3)17(22)13-16;/h4-5,7-10,13H,6,11-12,14H2,1-3H3,(H2,23,24,25);1H. The number of benzene rings is 2. The van der Waals surface area contributed by atoms with Crippen molar-refractivity contribution in [1.29, 1.82) is 0 Å². The molecule has 3 rings (SSSR count). The number of fused-ring (bicyclic) bond motifs is 1. The number of para-hydroxylation sites is 2. The van der Waals surface area contributed by atoms with Crippen molar-refractivity contribution in [3.8, 4) is 5.75 Å². The van der Waals surface area contributed by atoms with Crippen LogP contribution in [0.3, 0.4) is 0 Å². The van der Waals surface area contributed by atoms with Crippen molar-refractivity contribution in [2.45, 2.75) is 26.4 Å². The van der Waals surface area contributed by atoms with Crippen molar-refractivity contribution < 1.29 is 9.13 Å². The Balaban J connectivity index is 0.00000300. The van der Waals surface area contributed by atoms with Gasteiger partial charge in [0.2, 0.25) is 0 Å². The Kier molecular flexibility index (Phi) is 8.69. The van der Waals surface area contributed by atoms with Gasteiger partial charge in [-0.1, -0.05) is 18.2 Å². The van der Waals surface area contributed by atoms with Crippen molar-refractivity contribution >= 4 is 41.0 Å². The quantitative estimate of drug-likeness (QED) is 0.219. The molecule has 2 N–H and O–H groups in total. The highest BCUT2D eigenvalue weighted by molar-refractivity contribution is 14.0. The fourth-order valence-electron chi connectivity index (χ4n) is 3.15. The van der Waals surface area contributed by atoms with Gasteiger partial charge in [0.1, 0.15) is 5.82 Å². The van der Waals surface area contributed by atoms with Gasteiger partial charge in [-0.15, -0.1) is 24.0 Å². The van der Waals surface area contributed by atoms with Crippen LogP contribution in [0.4, 0.5) is 4.39 Å². The van der Waals surface area contributed by atoms with Gasteiger partial charge in [0.05, 0.1) is 18.1 Å². The zero-order chi connectivity index (χ0) is 19.9. The van der Waals surface area contributed by atoms with Gasteiger partial charge in [0.25, 0.3) is 0 Å². The van der Waals surface area contributed by atoms with E-state index in [1.54, 1.807) is 13.1 Å². The van der Waals surface area contributed by atoms with E-state index >= 15 is 0 Å². The van der Waals surface area contributed by atoms with Gasteiger partial charge >= 0.3 is 0 Å². The highest BCUT2D eigenvalue weighted by Gasteiger charge is 2.07. The molecule has 2 aromatic carbocycles. The first-order chi connectivity index (χ1) is 13.6. The molecule has 0 unspecified atom stereocenters. The fourth-order valence-corrected chi connectivity index (χ4v) is 3.15. The molecule has 0 atom stereocenters. The van der Waals surface area contributed by atoms with Crippen LogP contribution >= 0.6 is 24.0 Å². The van der Waals surface area contributed by atoms with E-state index in [-0.39, 0.29) is 35.5 Å². The summed E-state index contributed by atoms with van der Waals surface area (Å²) in [5.41, 5.74) is 3.00. The summed E-state index contributed by atoms with van der Waals surface area (Å²) in [4.78, 5) is 8.81. The van der Waals surface area contributed by atoms with Gasteiger partial charge in [-0.05, 0) is 43.2 Å². The SMILES string of the molecule is CN=C(NCCCn1c(C)nc2ccccc21)NCc1ccc(OC)c(F)c1.I. The number of methoxy groups -OCH3 is 1. The summed E-state index contributed by atoms with van der Waals surface area (Å²) in [6, 6.07) is 13.1. The van der Waals surface area contributed by atoms with Crippen LogP contribution in [0.15, 0.2) is 47.5 Å². The van der Waals surface area contributed by atoms with E-state index in [2.05, 4.69) is 31.2 Å². The first-order valence-electron chi connectivity index (χ1n) is 9.31. The maximum Gasteiger partial charge on any atom is 0.191 e. The Bertz CT molecular complexity index is 973. The molecule has 3 aromatic rings. The lowest BCUT2D eigenvalue weighted by molar-refractivity contribution is 0.386. The van der Waals surface area contributed by atoms with E-state index in [0.717, 1.165) is 41.9 Å². The van der Waals surface area contributed by atoms with Crippen molar-refractivity contribution in [2.75, 3.05) is 20.7 Å². The van der Waals surface area contributed by atoms with Crippen molar-refractivity contribution in [3.05, 3.63) is 59.7 Å². The molecule has 0 radical (unpaired) electrons. The van der Waals surface area contributed by atoms with Crippen molar-refractivity contribution in [3.63, 3.8) is 0 Å². The normalized spacial score (nSPS) is 11.2. The van der Waals surface area contributed by atoms with E-state index in [9.17, 15) is 4.39 Å². The zero-order valence-electron chi connectivity index (χ0n) is 16.9. The summed E-state index contributed by atoms with van der Waals surface area (Å²) in [7, 11) is 3.17. The van der Waals surface area contributed by atoms with Gasteiger partial charge in [0, 0.05) is 26.7 Å². The molecule has 8 heteroatoms. The van der Waals surface area contributed by atoms with Gasteiger partial charge in [-0.3, -0.25) is 4.99 Å². The number of nitrogens with one attached hydrogen (secondary N) is 2. The number of aliphatic imine (C=N–C) groups is 1. The minimum Gasteiger partial charge on any atom is -0.494 e. The minimum atomic E-state index is -0.368. The third kappa shape index (κ3) is 5.81. The second kappa shape index (κ2) is 11.0. The Morgan fingerprint density at radius 1 is 1.21 bits per heavy atom. The topological polar surface area (TPSA) is 63.5 Å². The number of rotatable bonds is 7. The summed E-state index contributed by atoms with van der Waals surface area (Å²) in [6.07, 6.45) is 0.930. The average Bonchev–Trinajstić information content (AvgIpc) is 3.02. The predicted molar refractivity (Wildman–Crippen MR) is 126 cm³/mol. The molecular weight excluding hydrogens is 484 g/mol. The predicted octanol–water partition coefficient (Wildman–Crippen LogP) is 3.87. The molecule has 6 nitrogen and oxygen atoms in total. The molecule has 1 heterocycles. The molecule has 29 heavy (non-hydrogen) atoms. The van der Waals surface area contributed by atoms with Crippen molar-refractivity contribution in [2.24, 2.45) is 4.99 Å². The number of hydrogen-bond donors (Lipinski definition) is 2. The number of aryl methyl sites for hydroxylation is 2. The molecule has 0 aliphatic heterocycles. The Morgan fingerprint density at radius 2 is 2.00 bits per heavy atom. The molecule has 156 valence electrons. The largest absolute Gasteiger partial charge is 0.494 e. The molecule has 0 bridgehead atoms. The smallest absolute Gasteiger partial charge is 0.191 e. The van der Waals surface area contributed by atoms with Gasteiger partial charge in [-0.25, -0.2) is 9.37 Å². The minimum absolute atomic E-state index is 0. The van der Waals surface area contributed by atoms with E-state index in [1.807, 2.05) is 31.2 Å². The van der Waals surface area contributed by atoms with Gasteiger partial charge < -0.3 is 19.9 Å². The van der Waals surface area contributed by atoms with Crippen LogP contribution in [0, 0.1) is 12.7 Å². The van der Waals surface area contributed by atoms with Crippen LogP contribution in [0.25, 0.3) is 11.0 Å². The molecule has 1 aromatic heterocycles. The summed E-state index contributed by atoms with van der Waals surface area (Å²) >= 11 is 0. The molecular formula is C21H27FIN5O. The van der Waals surface area contributed by atoms with E-state index in [0.29, 0.717) is 12.5 Å². The third-order valence-electron chi connectivity index (χ3n) is 4.60. The Hall–Kier alpha value is -2.36. The highest BCUT2D eigenvalue weighted by atomic mass is 127. The number of hydrogen-bond acceptors (Lipinski definition) is 3. The molecule has 0 saturated carbocycles. The number of nitrogens with zero attached hydrogens (tertiary/aromatic N) is 3. The molecule has 0 saturated heterocycles. The van der Waals surface area contributed by atoms with Crippen LogP contribution in [0.2, 0.25) is 0 Å². The lowest BCUT2D eigenvalue weighted by atomic mass is 10.2. The maximum atomic E-state index is 13.8. The average molecular weight is 511 g/mol. The highest BCUT2D eigenvalue weighted by Crippen LogP contribution is 2.17. The third-order valence-corrected chi connectivity index (χ3v) is 4.60. The van der Waals surface area contributed by atoms with E-state index < -0.39 is 0 Å². The lowest BCUT2D eigenvalue weighted by Gasteiger charge is -2.13. The zero-order valence-corrected chi connectivity index (χ0v) is 19.2. The summed E-state index contributed by atoms with van der Waals surface area (Å²) in [5, 5.41) is 6.49. The molecule has 0 aliphatic rings. The number of guanidine groups is 1. The second-order valence-corrected chi connectivity index (χ2v) is 6.47. The van der Waals surface area contributed by atoms with Gasteiger partial charge in [0.15, 0.2) is 17.5 Å². The lowest BCUT2D eigenvalue weighted by Crippen LogP contribution is -2.37. The van der Waals surface area contributed by atoms with Crippen LogP contribution in [-0.4, -0.2) is 36.2 Å². The van der Waals surface area contributed by atoms with Gasteiger partial charge in [-0.2, -0.15) is 0 Å². The summed E-state index contributed by atoms with van der Waals surface area (Å²) in [6.45, 7) is 4.15. The van der Waals surface area contributed by atoms with Crippen LogP contribution in [0.1, 0.15) is 17.8 Å². The van der Waals surface area contributed by atoms with E-state index in [4.69, 9.17) is 4.74 Å². The first-order valence-corrected chi connectivity index (χ1v) is 9.31.